The van der Waals surface area contributed by atoms with Crippen molar-refractivity contribution in [1.82, 2.24) is 20.3 Å². The number of aromatic nitrogens is 3. The number of hydrogen-bond donors (Lipinski definition) is 2. The largest absolute Gasteiger partial charge is 0.479 e. The number of carboxylic acid groups (broad SMARTS) is 1. The van der Waals surface area contributed by atoms with E-state index < -0.39 is 18.4 Å². The van der Waals surface area contributed by atoms with Crippen molar-refractivity contribution in [3.63, 3.8) is 0 Å². The monoisotopic (exact) mass is 427 g/mol. The Bertz CT molecular complexity index is 975. The van der Waals surface area contributed by atoms with Gasteiger partial charge in [-0.05, 0) is 41.9 Å². The lowest BCUT2D eigenvalue weighted by Crippen LogP contribution is -2.28. The highest BCUT2D eigenvalue weighted by molar-refractivity contribution is 5.91. The molecule has 31 heavy (non-hydrogen) atoms. The number of nitrogens with zero attached hydrogens (tertiary/aromatic N) is 4. The number of rotatable bonds is 9. The number of pyridine rings is 1. The van der Waals surface area contributed by atoms with E-state index in [1.807, 2.05) is 17.0 Å². The minimum Gasteiger partial charge on any atom is -0.479 e. The van der Waals surface area contributed by atoms with Crippen molar-refractivity contribution < 1.29 is 23.8 Å². The normalized spacial score (nSPS) is 21.7. The Balaban J connectivity index is 1.21. The summed E-state index contributed by atoms with van der Waals surface area (Å²) in [6.45, 7) is 1.33. The molecule has 10 heteroatoms. The lowest BCUT2D eigenvalue weighted by molar-refractivity contribution is -0.139. The van der Waals surface area contributed by atoms with Gasteiger partial charge in [-0.1, -0.05) is 6.07 Å². The van der Waals surface area contributed by atoms with Crippen LogP contribution < -0.4 is 15.0 Å². The number of carbonyl (C=O) groups is 2. The van der Waals surface area contributed by atoms with Crippen LogP contribution in [0.4, 0.5) is 10.2 Å². The SMILES string of the molecule is O=C(O)COc1ncc(F)c(N2C[C@@H]3[C@@H](CCNC(=O)/C=C/c4cccnc4)[C@@H]3C2)n1. The molecule has 0 spiro atoms. The molecule has 1 aliphatic heterocycles. The fraction of sp³-hybridized carbons (Fsp3) is 0.381. The highest BCUT2D eigenvalue weighted by Gasteiger charge is 2.55. The molecular weight excluding hydrogens is 405 g/mol. The van der Waals surface area contributed by atoms with Crippen LogP contribution in [0.15, 0.2) is 36.8 Å². The standard InChI is InChI=1S/C21H22FN5O4/c22-17-9-25-21(31-12-19(29)30)26-20(17)27-10-15-14(16(15)11-27)5-7-24-18(28)4-3-13-2-1-6-23-8-13/h1-4,6,8-9,14-16H,5,7,10-12H2,(H,24,28)(H,29,30)/b4-3+/t14-,15-,16+. The summed E-state index contributed by atoms with van der Waals surface area (Å²) in [5.41, 5.74) is 0.864. The molecule has 2 fully saturated rings. The molecule has 0 radical (unpaired) electrons. The number of carboxylic acids is 1. The minimum absolute atomic E-state index is 0.134. The maximum absolute atomic E-state index is 14.1. The Morgan fingerprint density at radius 3 is 2.84 bits per heavy atom. The number of amides is 1. The van der Waals surface area contributed by atoms with Crippen LogP contribution in [0.25, 0.3) is 6.08 Å². The first-order valence-electron chi connectivity index (χ1n) is 9.99. The Morgan fingerprint density at radius 1 is 1.32 bits per heavy atom. The first-order chi connectivity index (χ1) is 15.0. The zero-order valence-electron chi connectivity index (χ0n) is 16.6. The smallest absolute Gasteiger partial charge is 0.341 e. The van der Waals surface area contributed by atoms with Crippen LogP contribution in [-0.4, -0.2) is 58.2 Å². The first-order valence-corrected chi connectivity index (χ1v) is 9.99. The predicted octanol–water partition coefficient (Wildman–Crippen LogP) is 1.38. The number of piperidine rings is 1. The fourth-order valence-electron chi connectivity index (χ4n) is 4.08. The van der Waals surface area contributed by atoms with Gasteiger partial charge in [0.2, 0.25) is 5.91 Å². The van der Waals surface area contributed by atoms with E-state index in [1.54, 1.807) is 18.5 Å². The molecule has 4 rings (SSSR count). The van der Waals surface area contributed by atoms with Crippen LogP contribution in [0.1, 0.15) is 12.0 Å². The second kappa shape index (κ2) is 9.07. The molecule has 162 valence electrons. The molecule has 0 unspecified atom stereocenters. The molecule has 2 N–H and O–H groups in total. The maximum atomic E-state index is 14.1. The average molecular weight is 427 g/mol. The molecule has 3 atom stereocenters. The highest BCUT2D eigenvalue weighted by Crippen LogP contribution is 2.54. The van der Waals surface area contributed by atoms with Gasteiger partial charge in [0.15, 0.2) is 18.2 Å². The topological polar surface area (TPSA) is 118 Å². The average Bonchev–Trinajstić information content (AvgIpc) is 3.21. The third-order valence-electron chi connectivity index (χ3n) is 5.59. The molecule has 0 aromatic carbocycles. The van der Waals surface area contributed by atoms with E-state index in [4.69, 9.17) is 9.84 Å². The van der Waals surface area contributed by atoms with Gasteiger partial charge in [-0.3, -0.25) is 9.78 Å². The molecule has 1 saturated carbocycles. The van der Waals surface area contributed by atoms with Gasteiger partial charge in [0.05, 0.1) is 6.20 Å². The Labute approximate surface area is 178 Å². The Hall–Kier alpha value is -3.56. The van der Waals surface area contributed by atoms with Crippen LogP contribution in [-0.2, 0) is 9.59 Å². The summed E-state index contributed by atoms with van der Waals surface area (Å²) in [6, 6.07) is 3.53. The first kappa shape index (κ1) is 20.7. The van der Waals surface area contributed by atoms with Gasteiger partial charge in [-0.15, -0.1) is 0 Å². The molecule has 9 nitrogen and oxygen atoms in total. The summed E-state index contributed by atoms with van der Waals surface area (Å²) in [5.74, 6) is -0.372. The highest BCUT2D eigenvalue weighted by atomic mass is 19.1. The van der Waals surface area contributed by atoms with E-state index in [1.165, 1.54) is 6.08 Å². The van der Waals surface area contributed by atoms with Crippen molar-refractivity contribution in [2.45, 2.75) is 6.42 Å². The van der Waals surface area contributed by atoms with Gasteiger partial charge in [0.25, 0.3) is 0 Å². The summed E-state index contributed by atoms with van der Waals surface area (Å²) in [6.07, 6.45) is 8.44. The van der Waals surface area contributed by atoms with E-state index in [2.05, 4.69) is 20.3 Å². The molecule has 2 aromatic rings. The maximum Gasteiger partial charge on any atom is 0.341 e. The summed E-state index contributed by atoms with van der Waals surface area (Å²) in [4.78, 5) is 36.1. The molecule has 1 amide bonds. The van der Waals surface area contributed by atoms with E-state index in [0.29, 0.717) is 37.4 Å². The summed E-state index contributed by atoms with van der Waals surface area (Å²) >= 11 is 0. The van der Waals surface area contributed by atoms with Crippen LogP contribution >= 0.6 is 0 Å². The van der Waals surface area contributed by atoms with Crippen molar-refractivity contribution in [2.75, 3.05) is 31.1 Å². The van der Waals surface area contributed by atoms with Gasteiger partial charge in [-0.2, -0.15) is 4.98 Å². The fourth-order valence-corrected chi connectivity index (χ4v) is 4.08. The number of ether oxygens (including phenoxy) is 1. The van der Waals surface area contributed by atoms with Crippen LogP contribution in [0.2, 0.25) is 0 Å². The van der Waals surface area contributed by atoms with Gasteiger partial charge >= 0.3 is 12.0 Å². The summed E-state index contributed by atoms with van der Waals surface area (Å²) < 4.78 is 19.1. The number of hydrogen-bond acceptors (Lipinski definition) is 7. The zero-order valence-corrected chi connectivity index (χ0v) is 16.6. The quantitative estimate of drug-likeness (QED) is 0.577. The number of nitrogens with one attached hydrogen (secondary N) is 1. The third kappa shape index (κ3) is 5.14. The minimum atomic E-state index is -1.15. The van der Waals surface area contributed by atoms with Crippen LogP contribution in [0, 0.1) is 23.6 Å². The van der Waals surface area contributed by atoms with Crippen molar-refractivity contribution in [3.05, 3.63) is 48.2 Å². The van der Waals surface area contributed by atoms with E-state index >= 15 is 0 Å². The van der Waals surface area contributed by atoms with Gasteiger partial charge in [-0.25, -0.2) is 14.2 Å². The molecule has 2 aromatic heterocycles. The third-order valence-corrected chi connectivity index (χ3v) is 5.59. The van der Waals surface area contributed by atoms with Gasteiger partial charge in [0.1, 0.15) is 0 Å². The summed E-state index contributed by atoms with van der Waals surface area (Å²) in [5, 5.41) is 11.6. The number of aliphatic carboxylic acids is 1. The van der Waals surface area contributed by atoms with E-state index in [0.717, 1.165) is 18.2 Å². The Kier molecular flexibility index (Phi) is 6.06. The number of halogens is 1. The second-order valence-corrected chi connectivity index (χ2v) is 7.60. The molecule has 1 aliphatic carbocycles. The molecule has 1 saturated heterocycles. The van der Waals surface area contributed by atoms with Crippen molar-refractivity contribution in [3.8, 4) is 6.01 Å². The number of anilines is 1. The number of carbonyl (C=O) groups excluding carboxylic acids is 1. The lowest BCUT2D eigenvalue weighted by atomic mass is 10.2. The van der Waals surface area contributed by atoms with Crippen LogP contribution in [0.5, 0.6) is 6.01 Å². The summed E-state index contributed by atoms with van der Waals surface area (Å²) in [7, 11) is 0. The van der Waals surface area contributed by atoms with Crippen LogP contribution in [0.3, 0.4) is 0 Å². The molecular formula is C21H22FN5O4. The number of fused-ring (bicyclic) bond motifs is 1. The van der Waals surface area contributed by atoms with Gasteiger partial charge in [0, 0.05) is 38.1 Å². The lowest BCUT2D eigenvalue weighted by Gasteiger charge is -2.21. The molecule has 3 heterocycles. The van der Waals surface area contributed by atoms with Crippen molar-refractivity contribution in [1.29, 1.82) is 0 Å². The second-order valence-electron chi connectivity index (χ2n) is 7.60. The zero-order chi connectivity index (χ0) is 21.8. The molecule has 2 aliphatic rings. The van der Waals surface area contributed by atoms with Crippen molar-refractivity contribution >= 4 is 23.8 Å². The predicted molar refractivity (Wildman–Crippen MR) is 109 cm³/mol. The van der Waals surface area contributed by atoms with Gasteiger partial charge < -0.3 is 20.1 Å². The molecule has 0 bridgehead atoms. The Morgan fingerprint density at radius 2 is 2.13 bits per heavy atom. The van der Waals surface area contributed by atoms with E-state index in [-0.39, 0.29) is 17.7 Å². The van der Waals surface area contributed by atoms with Crippen molar-refractivity contribution in [2.24, 2.45) is 17.8 Å². The van der Waals surface area contributed by atoms with E-state index in [9.17, 15) is 14.0 Å².